The number of hydrogen-bond donors (Lipinski definition) is 0. The second-order valence-corrected chi connectivity index (χ2v) is 7.42. The zero-order valence-corrected chi connectivity index (χ0v) is 16.6. The van der Waals surface area contributed by atoms with Crippen molar-refractivity contribution in [1.82, 2.24) is 15.2 Å². The molecule has 0 bridgehead atoms. The Hall–Kier alpha value is -3.28. The predicted molar refractivity (Wildman–Crippen MR) is 114 cm³/mol. The number of benzene rings is 1. The van der Waals surface area contributed by atoms with Crippen LogP contribution in [0.1, 0.15) is 24.1 Å². The van der Waals surface area contributed by atoms with Gasteiger partial charge in [-0.2, -0.15) is 5.10 Å². The van der Waals surface area contributed by atoms with Crippen molar-refractivity contribution >= 4 is 17.5 Å². The molecule has 0 N–H and O–H groups in total. The Morgan fingerprint density at radius 1 is 1.07 bits per heavy atom. The third kappa shape index (κ3) is 4.59. The maximum absolute atomic E-state index is 13.6. The van der Waals surface area contributed by atoms with Crippen LogP contribution in [0.3, 0.4) is 0 Å². The molecule has 1 saturated heterocycles. The third-order valence-electron chi connectivity index (χ3n) is 5.25. The predicted octanol–water partition coefficient (Wildman–Crippen LogP) is 3.63. The van der Waals surface area contributed by atoms with Gasteiger partial charge < -0.3 is 4.90 Å². The third-order valence-corrected chi connectivity index (χ3v) is 5.25. The number of nitrogens with zero attached hydrogens (tertiary/aromatic N) is 5. The van der Waals surface area contributed by atoms with Crippen LogP contribution >= 0.6 is 0 Å². The van der Waals surface area contributed by atoms with Crippen molar-refractivity contribution in [3.8, 4) is 0 Å². The molecule has 29 heavy (non-hydrogen) atoms. The van der Waals surface area contributed by atoms with E-state index < -0.39 is 0 Å². The molecule has 1 atom stereocenters. The molecule has 148 valence electrons. The highest BCUT2D eigenvalue weighted by atomic mass is 16.2. The zero-order chi connectivity index (χ0) is 20.1. The molecule has 1 amide bonds. The van der Waals surface area contributed by atoms with Gasteiger partial charge >= 0.3 is 0 Å². The number of pyridine rings is 1. The van der Waals surface area contributed by atoms with Gasteiger partial charge in [-0.1, -0.05) is 36.4 Å². The fraction of sp³-hybridized carbons (Fsp3) is 0.304. The van der Waals surface area contributed by atoms with Gasteiger partial charge in [-0.05, 0) is 49.6 Å². The Morgan fingerprint density at radius 2 is 1.90 bits per heavy atom. The highest BCUT2D eigenvalue weighted by Gasteiger charge is 2.31. The Balaban J connectivity index is 1.55. The van der Waals surface area contributed by atoms with E-state index in [0.717, 1.165) is 36.5 Å². The number of hydrogen-bond acceptors (Lipinski definition) is 5. The van der Waals surface area contributed by atoms with Gasteiger partial charge in [-0.3, -0.25) is 9.69 Å². The van der Waals surface area contributed by atoms with Crippen LogP contribution in [0, 0.1) is 12.8 Å². The number of piperidine rings is 1. The van der Waals surface area contributed by atoms with E-state index in [4.69, 9.17) is 0 Å². The number of anilines is 2. The molecule has 1 unspecified atom stereocenters. The second-order valence-electron chi connectivity index (χ2n) is 7.42. The first kappa shape index (κ1) is 19.1. The summed E-state index contributed by atoms with van der Waals surface area (Å²) in [7, 11) is 0. The molecule has 0 radical (unpaired) electrons. The Morgan fingerprint density at radius 3 is 2.62 bits per heavy atom. The van der Waals surface area contributed by atoms with Crippen LogP contribution in [0.5, 0.6) is 0 Å². The number of aryl methyl sites for hydroxylation is 1. The van der Waals surface area contributed by atoms with Crippen molar-refractivity contribution in [2.75, 3.05) is 22.9 Å². The molecule has 1 aliphatic heterocycles. The lowest BCUT2D eigenvalue weighted by molar-refractivity contribution is -0.122. The van der Waals surface area contributed by atoms with E-state index in [1.54, 1.807) is 6.20 Å². The van der Waals surface area contributed by atoms with Crippen molar-refractivity contribution in [3.05, 3.63) is 78.1 Å². The van der Waals surface area contributed by atoms with Crippen molar-refractivity contribution in [2.45, 2.75) is 26.3 Å². The number of rotatable bonds is 5. The van der Waals surface area contributed by atoms with Crippen molar-refractivity contribution < 1.29 is 4.79 Å². The van der Waals surface area contributed by atoms with Gasteiger partial charge in [-0.15, -0.1) is 5.10 Å². The largest absolute Gasteiger partial charge is 0.354 e. The molecule has 0 spiro atoms. The normalized spacial score (nSPS) is 16.4. The molecular formula is C23H25N5O. The van der Waals surface area contributed by atoms with Crippen molar-refractivity contribution in [2.24, 2.45) is 5.92 Å². The van der Waals surface area contributed by atoms with Gasteiger partial charge in [0.15, 0.2) is 5.82 Å². The summed E-state index contributed by atoms with van der Waals surface area (Å²) >= 11 is 0. The SMILES string of the molecule is Cc1ccc(N2CCCC(C(=O)N(Cc3ccccc3)c3ccccn3)C2)nn1. The first-order valence-electron chi connectivity index (χ1n) is 10.0. The zero-order valence-electron chi connectivity index (χ0n) is 16.6. The summed E-state index contributed by atoms with van der Waals surface area (Å²) in [5.74, 6) is 1.53. The molecule has 6 nitrogen and oxygen atoms in total. The lowest BCUT2D eigenvalue weighted by Gasteiger charge is -2.35. The minimum atomic E-state index is -0.0995. The number of amides is 1. The lowest BCUT2D eigenvalue weighted by Crippen LogP contribution is -2.45. The minimum absolute atomic E-state index is 0.0995. The van der Waals surface area contributed by atoms with Gasteiger partial charge in [0.1, 0.15) is 5.82 Å². The summed E-state index contributed by atoms with van der Waals surface area (Å²) in [4.78, 5) is 22.0. The standard InChI is InChI=1S/C23H25N5O/c1-18-12-13-22(26-25-18)27-15-7-10-20(17-27)23(29)28(21-11-5-6-14-24-21)16-19-8-3-2-4-9-19/h2-6,8-9,11-14,20H,7,10,15-17H2,1H3. The molecule has 6 heteroatoms. The molecule has 0 aliphatic carbocycles. The van der Waals surface area contributed by atoms with Crippen LogP contribution in [0.15, 0.2) is 66.9 Å². The topological polar surface area (TPSA) is 62.2 Å². The van der Waals surface area contributed by atoms with Gasteiger partial charge in [-0.25, -0.2) is 4.98 Å². The van der Waals surface area contributed by atoms with E-state index in [1.165, 1.54) is 0 Å². The quantitative estimate of drug-likeness (QED) is 0.669. The molecular weight excluding hydrogens is 362 g/mol. The lowest BCUT2D eigenvalue weighted by atomic mass is 9.96. The van der Waals surface area contributed by atoms with Gasteiger partial charge in [0.2, 0.25) is 5.91 Å². The van der Waals surface area contributed by atoms with E-state index >= 15 is 0 Å². The molecule has 1 fully saturated rings. The van der Waals surface area contributed by atoms with Crippen LogP contribution in [-0.2, 0) is 11.3 Å². The molecule has 3 aromatic rings. The number of carbonyl (C=O) groups excluding carboxylic acids is 1. The molecule has 4 rings (SSSR count). The highest BCUT2D eigenvalue weighted by Crippen LogP contribution is 2.25. The van der Waals surface area contributed by atoms with Gasteiger partial charge in [0.05, 0.1) is 18.2 Å². The second kappa shape index (κ2) is 8.82. The van der Waals surface area contributed by atoms with E-state index in [1.807, 2.05) is 72.5 Å². The van der Waals surface area contributed by atoms with E-state index in [9.17, 15) is 4.79 Å². The van der Waals surface area contributed by atoms with Gasteiger partial charge in [0, 0.05) is 19.3 Å². The molecule has 0 saturated carbocycles. The van der Waals surface area contributed by atoms with Crippen molar-refractivity contribution in [1.29, 1.82) is 0 Å². The molecule has 1 aromatic carbocycles. The maximum Gasteiger partial charge on any atom is 0.233 e. The first-order valence-corrected chi connectivity index (χ1v) is 10.0. The summed E-state index contributed by atoms with van der Waals surface area (Å²) < 4.78 is 0. The maximum atomic E-state index is 13.6. The summed E-state index contributed by atoms with van der Waals surface area (Å²) in [5, 5.41) is 8.47. The molecule has 3 heterocycles. The first-order chi connectivity index (χ1) is 14.2. The van der Waals surface area contributed by atoms with Gasteiger partial charge in [0.25, 0.3) is 0 Å². The van der Waals surface area contributed by atoms with Crippen LogP contribution in [0.4, 0.5) is 11.6 Å². The number of carbonyl (C=O) groups is 1. The van der Waals surface area contributed by atoms with Crippen molar-refractivity contribution in [3.63, 3.8) is 0 Å². The minimum Gasteiger partial charge on any atom is -0.354 e. The summed E-state index contributed by atoms with van der Waals surface area (Å²) in [5.41, 5.74) is 1.98. The van der Waals surface area contributed by atoms with Crippen LogP contribution in [0.25, 0.3) is 0 Å². The van der Waals surface area contributed by atoms with Crippen LogP contribution in [0.2, 0.25) is 0 Å². The van der Waals surface area contributed by atoms with Crippen LogP contribution in [-0.4, -0.2) is 34.2 Å². The monoisotopic (exact) mass is 387 g/mol. The fourth-order valence-corrected chi connectivity index (χ4v) is 3.72. The average Bonchev–Trinajstić information content (AvgIpc) is 2.79. The van der Waals surface area contributed by atoms with E-state index in [0.29, 0.717) is 18.9 Å². The highest BCUT2D eigenvalue weighted by molar-refractivity contribution is 5.94. The Labute approximate surface area is 171 Å². The smallest absolute Gasteiger partial charge is 0.233 e. The molecule has 1 aliphatic rings. The van der Waals surface area contributed by atoms with E-state index in [-0.39, 0.29) is 11.8 Å². The van der Waals surface area contributed by atoms with Crippen LogP contribution < -0.4 is 9.80 Å². The molecule has 2 aromatic heterocycles. The summed E-state index contributed by atoms with van der Waals surface area (Å²) in [6.07, 6.45) is 3.55. The summed E-state index contributed by atoms with van der Waals surface area (Å²) in [6, 6.07) is 19.7. The number of aromatic nitrogens is 3. The average molecular weight is 387 g/mol. The summed E-state index contributed by atoms with van der Waals surface area (Å²) in [6.45, 7) is 3.98. The Bertz CT molecular complexity index is 931. The van der Waals surface area contributed by atoms with E-state index in [2.05, 4.69) is 20.1 Å². The fourth-order valence-electron chi connectivity index (χ4n) is 3.72. The Kier molecular flexibility index (Phi) is 5.79.